The molecule has 1 aromatic heterocycles. The summed E-state index contributed by atoms with van der Waals surface area (Å²) in [4.78, 5) is 18.9. The van der Waals surface area contributed by atoms with E-state index < -0.39 is 0 Å². The fraction of sp³-hybridized carbons (Fsp3) is 0.579. The van der Waals surface area contributed by atoms with Crippen molar-refractivity contribution >= 4 is 34.4 Å². The van der Waals surface area contributed by atoms with Gasteiger partial charge in [-0.3, -0.25) is 14.8 Å². The van der Waals surface area contributed by atoms with Crippen LogP contribution in [0.1, 0.15) is 19.8 Å². The number of unbranched alkanes of at least 4 members (excludes halogenated alkanes) is 1. The second-order valence-electron chi connectivity index (χ2n) is 7.17. The van der Waals surface area contributed by atoms with Crippen molar-refractivity contribution < 1.29 is 4.79 Å². The number of nitrogens with zero attached hydrogens (tertiary/aromatic N) is 4. The molecule has 3 heterocycles. The number of para-hydroxylation sites is 1. The molecule has 1 aromatic carbocycles. The van der Waals surface area contributed by atoms with Crippen molar-refractivity contribution in [2.75, 3.05) is 50.0 Å². The number of aromatic nitrogens is 2. The number of rotatable bonds is 6. The molecule has 0 spiro atoms. The maximum atomic E-state index is 11.9. The van der Waals surface area contributed by atoms with Crippen molar-refractivity contribution in [3.63, 3.8) is 0 Å². The number of aromatic amines is 1. The first kappa shape index (κ1) is 17.7. The summed E-state index contributed by atoms with van der Waals surface area (Å²) in [5.74, 6) is 2.27. The van der Waals surface area contributed by atoms with E-state index in [2.05, 4.69) is 38.2 Å². The summed E-state index contributed by atoms with van der Waals surface area (Å²) in [6, 6.07) is 8.32. The summed E-state index contributed by atoms with van der Waals surface area (Å²) in [6.45, 7) is 8.25. The molecule has 7 heteroatoms. The summed E-state index contributed by atoms with van der Waals surface area (Å²) < 4.78 is 0. The van der Waals surface area contributed by atoms with Crippen LogP contribution < -0.4 is 4.90 Å². The van der Waals surface area contributed by atoms with E-state index in [0.29, 0.717) is 5.91 Å². The number of thioether (sulfide) groups is 1. The Kier molecular flexibility index (Phi) is 5.36. The zero-order valence-corrected chi connectivity index (χ0v) is 16.2. The number of fused-ring (bicyclic) bond motifs is 1. The molecule has 2 fully saturated rings. The molecule has 1 atom stereocenters. The van der Waals surface area contributed by atoms with Gasteiger partial charge in [-0.05, 0) is 38.4 Å². The number of piperazine rings is 1. The van der Waals surface area contributed by atoms with Crippen LogP contribution in [0.15, 0.2) is 24.3 Å². The van der Waals surface area contributed by atoms with Gasteiger partial charge in [-0.25, -0.2) is 0 Å². The van der Waals surface area contributed by atoms with Gasteiger partial charge in [0.2, 0.25) is 5.91 Å². The van der Waals surface area contributed by atoms with Crippen LogP contribution in [0.4, 0.5) is 5.82 Å². The normalized spacial score (nSPS) is 21.9. The van der Waals surface area contributed by atoms with E-state index in [9.17, 15) is 4.79 Å². The van der Waals surface area contributed by atoms with Crippen LogP contribution in [0.2, 0.25) is 0 Å². The Morgan fingerprint density at radius 3 is 2.69 bits per heavy atom. The second-order valence-corrected chi connectivity index (χ2v) is 8.47. The third-order valence-electron chi connectivity index (χ3n) is 5.41. The Labute approximate surface area is 158 Å². The fourth-order valence-corrected chi connectivity index (χ4v) is 4.73. The lowest BCUT2D eigenvalue weighted by atomic mass is 10.2. The predicted octanol–water partition coefficient (Wildman–Crippen LogP) is 2.39. The molecule has 0 aliphatic carbocycles. The van der Waals surface area contributed by atoms with E-state index in [1.807, 2.05) is 17.9 Å². The summed E-state index contributed by atoms with van der Waals surface area (Å²) in [5, 5.41) is 9.02. The highest BCUT2D eigenvalue weighted by Crippen LogP contribution is 2.25. The third kappa shape index (κ3) is 3.69. The Balaban J connectivity index is 1.20. The molecule has 1 amide bonds. The summed E-state index contributed by atoms with van der Waals surface area (Å²) >= 11 is 1.75. The lowest BCUT2D eigenvalue weighted by Crippen LogP contribution is -2.46. The third-order valence-corrected chi connectivity index (χ3v) is 6.58. The number of hydrogen-bond donors (Lipinski definition) is 1. The van der Waals surface area contributed by atoms with Gasteiger partial charge in [-0.1, -0.05) is 12.1 Å². The fourth-order valence-electron chi connectivity index (χ4n) is 3.78. The zero-order valence-electron chi connectivity index (χ0n) is 15.4. The largest absolute Gasteiger partial charge is 0.352 e. The first-order chi connectivity index (χ1) is 12.7. The van der Waals surface area contributed by atoms with E-state index in [0.717, 1.165) is 69.3 Å². The molecule has 6 nitrogen and oxygen atoms in total. The Morgan fingerprint density at radius 2 is 1.92 bits per heavy atom. The van der Waals surface area contributed by atoms with Gasteiger partial charge >= 0.3 is 0 Å². The molecule has 26 heavy (non-hydrogen) atoms. The molecule has 140 valence electrons. The minimum absolute atomic E-state index is 0.154. The van der Waals surface area contributed by atoms with Crippen LogP contribution in [0.5, 0.6) is 0 Å². The molecule has 1 N–H and O–H groups in total. The maximum absolute atomic E-state index is 11.9. The van der Waals surface area contributed by atoms with Crippen LogP contribution in [0.25, 0.3) is 10.9 Å². The summed E-state index contributed by atoms with van der Waals surface area (Å²) in [6.07, 6.45) is 2.26. The van der Waals surface area contributed by atoms with Crippen molar-refractivity contribution in [1.82, 2.24) is 20.0 Å². The minimum atomic E-state index is 0.154. The molecule has 2 aromatic rings. The maximum Gasteiger partial charge on any atom is 0.236 e. The predicted molar refractivity (Wildman–Crippen MR) is 108 cm³/mol. The first-order valence-corrected chi connectivity index (χ1v) is 10.6. The molecule has 2 saturated heterocycles. The average Bonchev–Trinajstić information content (AvgIpc) is 3.24. The molecular weight excluding hydrogens is 346 g/mol. The van der Waals surface area contributed by atoms with Gasteiger partial charge in [0.25, 0.3) is 0 Å². The smallest absolute Gasteiger partial charge is 0.236 e. The molecule has 0 bridgehead atoms. The number of nitrogens with one attached hydrogen (secondary N) is 1. The molecular formula is C19H27N5OS. The number of benzene rings is 1. The minimum Gasteiger partial charge on any atom is -0.352 e. The van der Waals surface area contributed by atoms with E-state index in [1.54, 1.807) is 11.8 Å². The van der Waals surface area contributed by atoms with Gasteiger partial charge in [-0.2, -0.15) is 5.10 Å². The van der Waals surface area contributed by atoms with Crippen molar-refractivity contribution in [1.29, 1.82) is 0 Å². The van der Waals surface area contributed by atoms with Gasteiger partial charge in [0.05, 0.1) is 16.6 Å². The number of hydrogen-bond acceptors (Lipinski definition) is 5. The van der Waals surface area contributed by atoms with E-state index in [-0.39, 0.29) is 5.25 Å². The molecule has 1 unspecified atom stereocenters. The number of carbonyl (C=O) groups is 1. The molecule has 0 radical (unpaired) electrons. The van der Waals surface area contributed by atoms with Gasteiger partial charge in [-0.15, -0.1) is 11.8 Å². The summed E-state index contributed by atoms with van der Waals surface area (Å²) in [7, 11) is 0. The number of carbonyl (C=O) groups excluding carboxylic acids is 1. The SMILES string of the molecule is CC1SCN(CCCCN2CCN(c3n[nH]c4ccccc34)CC2)C1=O. The van der Waals surface area contributed by atoms with E-state index >= 15 is 0 Å². The van der Waals surface area contributed by atoms with Crippen LogP contribution >= 0.6 is 11.8 Å². The number of amides is 1. The standard InChI is InChI=1S/C19H27N5OS/c1-15-19(25)24(14-26-15)9-5-4-8-22-10-12-23(13-11-22)18-16-6-2-3-7-17(16)20-21-18/h2-3,6-7,15H,4-5,8-14H2,1H3,(H,20,21). The van der Waals surface area contributed by atoms with Crippen molar-refractivity contribution in [2.45, 2.75) is 25.0 Å². The average molecular weight is 374 g/mol. The summed E-state index contributed by atoms with van der Waals surface area (Å²) in [5.41, 5.74) is 1.11. The van der Waals surface area contributed by atoms with Gasteiger partial charge in [0.15, 0.2) is 5.82 Å². The monoisotopic (exact) mass is 373 g/mol. The van der Waals surface area contributed by atoms with Gasteiger partial charge in [0.1, 0.15) is 0 Å². The molecule has 4 rings (SSSR count). The Morgan fingerprint density at radius 1 is 1.15 bits per heavy atom. The quantitative estimate of drug-likeness (QED) is 0.788. The van der Waals surface area contributed by atoms with Crippen molar-refractivity contribution in [3.8, 4) is 0 Å². The number of H-pyrrole nitrogens is 1. The Bertz CT molecular complexity index is 755. The highest BCUT2D eigenvalue weighted by atomic mass is 32.2. The highest BCUT2D eigenvalue weighted by molar-refractivity contribution is 8.01. The van der Waals surface area contributed by atoms with Gasteiger partial charge in [0, 0.05) is 38.1 Å². The number of anilines is 1. The highest BCUT2D eigenvalue weighted by Gasteiger charge is 2.27. The lowest BCUT2D eigenvalue weighted by molar-refractivity contribution is -0.128. The van der Waals surface area contributed by atoms with Crippen molar-refractivity contribution in [3.05, 3.63) is 24.3 Å². The second kappa shape index (κ2) is 7.88. The van der Waals surface area contributed by atoms with Crippen LogP contribution in [0, 0.1) is 0 Å². The zero-order chi connectivity index (χ0) is 17.9. The topological polar surface area (TPSA) is 55.5 Å². The lowest BCUT2D eigenvalue weighted by Gasteiger charge is -2.35. The van der Waals surface area contributed by atoms with Gasteiger partial charge < -0.3 is 9.80 Å². The molecule has 2 aliphatic heterocycles. The first-order valence-electron chi connectivity index (χ1n) is 9.53. The molecule has 2 aliphatic rings. The Hall–Kier alpha value is -1.73. The van der Waals surface area contributed by atoms with Crippen LogP contribution in [0.3, 0.4) is 0 Å². The van der Waals surface area contributed by atoms with E-state index in [4.69, 9.17) is 0 Å². The van der Waals surface area contributed by atoms with E-state index in [1.165, 1.54) is 5.39 Å². The van der Waals surface area contributed by atoms with Crippen LogP contribution in [-0.4, -0.2) is 76.3 Å². The van der Waals surface area contributed by atoms with Crippen molar-refractivity contribution in [2.24, 2.45) is 0 Å². The molecule has 0 saturated carbocycles. The van der Waals surface area contributed by atoms with Crippen LogP contribution in [-0.2, 0) is 4.79 Å².